The second kappa shape index (κ2) is 5.91. The summed E-state index contributed by atoms with van der Waals surface area (Å²) in [6.45, 7) is 7.16. The molecule has 1 saturated heterocycles. The Labute approximate surface area is 111 Å². The smallest absolute Gasteiger partial charge is 0.410 e. The molecule has 0 saturated carbocycles. The molecule has 0 aliphatic carbocycles. The van der Waals surface area contributed by atoms with E-state index >= 15 is 0 Å². The maximum Gasteiger partial charge on any atom is 0.410 e. The van der Waals surface area contributed by atoms with Gasteiger partial charge in [0.05, 0.1) is 6.54 Å². The van der Waals surface area contributed by atoms with Gasteiger partial charge in [-0.3, -0.25) is 4.79 Å². The van der Waals surface area contributed by atoms with Crippen molar-refractivity contribution in [2.24, 2.45) is 0 Å². The number of thioether (sulfide) groups is 1. The third-order valence-electron chi connectivity index (χ3n) is 2.35. The van der Waals surface area contributed by atoms with E-state index < -0.39 is 17.9 Å². The van der Waals surface area contributed by atoms with Gasteiger partial charge in [-0.2, -0.15) is 0 Å². The van der Waals surface area contributed by atoms with Gasteiger partial charge in [-0.25, -0.2) is 9.18 Å². The van der Waals surface area contributed by atoms with Gasteiger partial charge >= 0.3 is 6.09 Å². The van der Waals surface area contributed by atoms with Crippen molar-refractivity contribution in [1.29, 1.82) is 0 Å². The molecule has 0 unspecified atom stereocenters. The van der Waals surface area contributed by atoms with Crippen LogP contribution in [0.5, 0.6) is 0 Å². The number of halogens is 1. The van der Waals surface area contributed by atoms with Crippen LogP contribution in [0, 0.1) is 0 Å². The van der Waals surface area contributed by atoms with Crippen molar-refractivity contribution >= 4 is 23.0 Å². The second-order valence-corrected chi connectivity index (χ2v) is 6.93. The van der Waals surface area contributed by atoms with Gasteiger partial charge in [0.25, 0.3) is 0 Å². The summed E-state index contributed by atoms with van der Waals surface area (Å²) in [4.78, 5) is 24.2. The van der Waals surface area contributed by atoms with Gasteiger partial charge in [-0.05, 0) is 27.2 Å². The summed E-state index contributed by atoms with van der Waals surface area (Å²) in [7, 11) is 0. The number of amides is 1. The molecule has 4 nitrogen and oxygen atoms in total. The summed E-state index contributed by atoms with van der Waals surface area (Å²) in [5, 5.41) is -0.239. The van der Waals surface area contributed by atoms with Crippen LogP contribution in [0.4, 0.5) is 9.18 Å². The lowest BCUT2D eigenvalue weighted by atomic mass is 10.1. The van der Waals surface area contributed by atoms with Gasteiger partial charge in [0.15, 0.2) is 5.12 Å². The molecule has 1 aliphatic rings. The SMILES string of the molecule is CC(=O)S[C@@H]1C[C@H](F)CN(C(=O)OC(C)(C)C)C1. The summed E-state index contributed by atoms with van der Waals surface area (Å²) < 4.78 is 18.8. The van der Waals surface area contributed by atoms with Crippen LogP contribution in [-0.4, -0.2) is 46.2 Å². The first-order valence-corrected chi connectivity index (χ1v) is 6.84. The summed E-state index contributed by atoms with van der Waals surface area (Å²) in [6.07, 6.45) is -1.30. The molecule has 6 heteroatoms. The fourth-order valence-electron chi connectivity index (χ4n) is 1.79. The Balaban J connectivity index is 2.60. The van der Waals surface area contributed by atoms with Crippen molar-refractivity contribution in [2.45, 2.75) is 51.1 Å². The minimum absolute atomic E-state index is 0.0455. The zero-order valence-electron chi connectivity index (χ0n) is 11.2. The molecule has 2 atom stereocenters. The quantitative estimate of drug-likeness (QED) is 0.739. The number of likely N-dealkylation sites (tertiary alicyclic amines) is 1. The van der Waals surface area contributed by atoms with Crippen LogP contribution < -0.4 is 0 Å². The fourth-order valence-corrected chi connectivity index (χ4v) is 2.82. The molecule has 18 heavy (non-hydrogen) atoms. The summed E-state index contributed by atoms with van der Waals surface area (Å²) in [6, 6.07) is 0. The van der Waals surface area contributed by atoms with Gasteiger partial charge in [-0.1, -0.05) is 11.8 Å². The lowest BCUT2D eigenvalue weighted by Gasteiger charge is -2.35. The van der Waals surface area contributed by atoms with E-state index in [1.54, 1.807) is 20.8 Å². The number of ether oxygens (including phenoxy) is 1. The minimum atomic E-state index is -1.09. The molecule has 1 amide bonds. The normalized spacial score (nSPS) is 24.8. The van der Waals surface area contributed by atoms with E-state index in [0.717, 1.165) is 11.8 Å². The molecule has 1 aliphatic heterocycles. The summed E-state index contributed by atoms with van der Waals surface area (Å²) in [5.74, 6) is 0. The first kappa shape index (κ1) is 15.3. The average Bonchev–Trinajstić information content (AvgIpc) is 2.12. The Hall–Kier alpha value is -0.780. The Bertz CT molecular complexity index is 330. The molecule has 0 spiro atoms. The molecule has 1 heterocycles. The van der Waals surface area contributed by atoms with Crippen molar-refractivity contribution in [1.82, 2.24) is 4.90 Å². The number of alkyl halides is 1. The Kier molecular flexibility index (Phi) is 5.01. The molecule has 0 aromatic rings. The maximum absolute atomic E-state index is 13.6. The number of carbonyl (C=O) groups excluding carboxylic acids is 2. The highest BCUT2D eigenvalue weighted by atomic mass is 32.2. The van der Waals surface area contributed by atoms with Gasteiger partial charge in [0.2, 0.25) is 0 Å². The highest BCUT2D eigenvalue weighted by Crippen LogP contribution is 2.26. The molecular formula is C12H20FNO3S. The molecule has 1 rings (SSSR count). The van der Waals surface area contributed by atoms with Crippen LogP contribution in [0.15, 0.2) is 0 Å². The van der Waals surface area contributed by atoms with E-state index in [2.05, 4.69) is 0 Å². The zero-order valence-corrected chi connectivity index (χ0v) is 12.1. The van der Waals surface area contributed by atoms with Crippen molar-refractivity contribution in [3.63, 3.8) is 0 Å². The number of nitrogens with zero attached hydrogens (tertiary/aromatic N) is 1. The maximum atomic E-state index is 13.6. The zero-order chi connectivity index (χ0) is 13.9. The standard InChI is InChI=1S/C12H20FNO3S/c1-8(15)18-10-5-9(13)6-14(7-10)11(16)17-12(2,3)4/h9-10H,5-7H2,1-4H3/t9-,10+/m0/s1. The van der Waals surface area contributed by atoms with Crippen LogP contribution in [0.1, 0.15) is 34.1 Å². The van der Waals surface area contributed by atoms with Crippen LogP contribution in [-0.2, 0) is 9.53 Å². The van der Waals surface area contributed by atoms with E-state index in [1.807, 2.05) is 0 Å². The molecule has 0 radical (unpaired) electrons. The fraction of sp³-hybridized carbons (Fsp3) is 0.833. The highest BCUT2D eigenvalue weighted by Gasteiger charge is 2.33. The topological polar surface area (TPSA) is 46.6 Å². The van der Waals surface area contributed by atoms with Gasteiger partial charge in [0.1, 0.15) is 11.8 Å². The van der Waals surface area contributed by atoms with Crippen LogP contribution >= 0.6 is 11.8 Å². The van der Waals surface area contributed by atoms with Crippen molar-refractivity contribution in [3.05, 3.63) is 0 Å². The number of carbonyl (C=O) groups is 2. The van der Waals surface area contributed by atoms with Gasteiger partial charge in [-0.15, -0.1) is 0 Å². The molecule has 0 N–H and O–H groups in total. The predicted molar refractivity (Wildman–Crippen MR) is 69.4 cm³/mol. The molecule has 0 bridgehead atoms. The lowest BCUT2D eigenvalue weighted by Crippen LogP contribution is -2.48. The minimum Gasteiger partial charge on any atom is -0.444 e. The summed E-state index contributed by atoms with van der Waals surface area (Å²) in [5.41, 5.74) is -0.594. The number of piperidine rings is 1. The monoisotopic (exact) mass is 277 g/mol. The summed E-state index contributed by atoms with van der Waals surface area (Å²) >= 11 is 1.09. The van der Waals surface area contributed by atoms with Gasteiger partial charge in [0, 0.05) is 18.7 Å². The third kappa shape index (κ3) is 5.25. The van der Waals surface area contributed by atoms with Crippen LogP contribution in [0.2, 0.25) is 0 Å². The molecule has 104 valence electrons. The first-order valence-electron chi connectivity index (χ1n) is 5.96. The van der Waals surface area contributed by atoms with E-state index in [1.165, 1.54) is 11.8 Å². The number of hydrogen-bond donors (Lipinski definition) is 0. The first-order chi connectivity index (χ1) is 8.17. The largest absolute Gasteiger partial charge is 0.444 e. The molecular weight excluding hydrogens is 257 g/mol. The van der Waals surface area contributed by atoms with E-state index in [0.29, 0.717) is 13.0 Å². The van der Waals surface area contributed by atoms with E-state index in [-0.39, 0.29) is 16.9 Å². The van der Waals surface area contributed by atoms with Crippen molar-refractivity contribution < 1.29 is 18.7 Å². The number of rotatable bonds is 1. The number of hydrogen-bond acceptors (Lipinski definition) is 4. The van der Waals surface area contributed by atoms with E-state index in [9.17, 15) is 14.0 Å². The van der Waals surface area contributed by atoms with Crippen LogP contribution in [0.3, 0.4) is 0 Å². The molecule has 0 aromatic heterocycles. The van der Waals surface area contributed by atoms with Crippen LogP contribution in [0.25, 0.3) is 0 Å². The third-order valence-corrected chi connectivity index (χ3v) is 3.35. The lowest BCUT2D eigenvalue weighted by molar-refractivity contribution is -0.109. The second-order valence-electron chi connectivity index (χ2n) is 5.45. The Morgan fingerprint density at radius 1 is 1.33 bits per heavy atom. The highest BCUT2D eigenvalue weighted by molar-refractivity contribution is 8.14. The predicted octanol–water partition coefficient (Wildman–Crippen LogP) is 2.61. The average molecular weight is 277 g/mol. The Morgan fingerprint density at radius 2 is 1.94 bits per heavy atom. The van der Waals surface area contributed by atoms with Crippen molar-refractivity contribution in [3.8, 4) is 0 Å². The van der Waals surface area contributed by atoms with Gasteiger partial charge < -0.3 is 9.64 Å². The molecule has 0 aromatic carbocycles. The Morgan fingerprint density at radius 3 is 2.44 bits per heavy atom. The molecule has 1 fully saturated rings. The van der Waals surface area contributed by atoms with E-state index in [4.69, 9.17) is 4.74 Å². The van der Waals surface area contributed by atoms with Crippen molar-refractivity contribution in [2.75, 3.05) is 13.1 Å².